The van der Waals surface area contributed by atoms with Gasteiger partial charge in [-0.3, -0.25) is 14.7 Å². The fourth-order valence-electron chi connectivity index (χ4n) is 4.88. The summed E-state index contributed by atoms with van der Waals surface area (Å²) in [5.74, 6) is 0.759. The van der Waals surface area contributed by atoms with Crippen LogP contribution in [0.25, 0.3) is 34.2 Å². The van der Waals surface area contributed by atoms with Gasteiger partial charge in [-0.05, 0) is 57.7 Å². The number of H-pyrrole nitrogens is 1. The van der Waals surface area contributed by atoms with Crippen LogP contribution in [0.15, 0.2) is 18.2 Å². The van der Waals surface area contributed by atoms with E-state index in [0.29, 0.717) is 13.1 Å². The lowest BCUT2D eigenvalue weighted by atomic mass is 10.0. The van der Waals surface area contributed by atoms with Crippen molar-refractivity contribution in [2.24, 2.45) is 7.05 Å². The Balaban J connectivity index is 1.70. The number of ether oxygens (including phenoxy) is 1. The van der Waals surface area contributed by atoms with E-state index < -0.39 is 0 Å². The number of rotatable bonds is 2. The smallest absolute Gasteiger partial charge is 0.220 e. The molecular weight excluding hydrogens is 430 g/mol. The number of fused-ring (bicyclic) bond motifs is 4. The van der Waals surface area contributed by atoms with E-state index in [0.717, 1.165) is 62.8 Å². The Hall–Kier alpha value is -3.43. The summed E-state index contributed by atoms with van der Waals surface area (Å²) in [6.07, 6.45) is 4.09. The van der Waals surface area contributed by atoms with Gasteiger partial charge < -0.3 is 9.84 Å². The minimum Gasteiger partial charge on any atom is -0.473 e. The van der Waals surface area contributed by atoms with Crippen LogP contribution in [0, 0.1) is 13.8 Å². The number of aryl methyl sites for hydroxylation is 3. The van der Waals surface area contributed by atoms with Gasteiger partial charge in [0.2, 0.25) is 5.88 Å². The van der Waals surface area contributed by atoms with Crippen molar-refractivity contribution in [3.63, 3.8) is 0 Å². The van der Waals surface area contributed by atoms with Crippen LogP contribution in [-0.4, -0.2) is 66.1 Å². The van der Waals surface area contributed by atoms with Gasteiger partial charge in [-0.15, -0.1) is 0 Å². The molecule has 34 heavy (non-hydrogen) atoms. The van der Waals surface area contributed by atoms with Gasteiger partial charge in [0.05, 0.1) is 47.0 Å². The average Bonchev–Trinajstić information content (AvgIpc) is 3.40. The molecule has 2 bridgehead atoms. The molecule has 1 aliphatic heterocycles. The van der Waals surface area contributed by atoms with Crippen LogP contribution in [0.3, 0.4) is 0 Å². The lowest BCUT2D eigenvalue weighted by Crippen LogP contribution is -2.32. The Morgan fingerprint density at radius 2 is 1.97 bits per heavy atom. The molecule has 5 rings (SSSR count). The molecule has 0 amide bonds. The monoisotopic (exact) mass is 461 g/mol. The number of aromatic nitrogens is 6. The fourth-order valence-corrected chi connectivity index (χ4v) is 4.88. The van der Waals surface area contributed by atoms with Gasteiger partial charge in [0.1, 0.15) is 6.10 Å². The van der Waals surface area contributed by atoms with Crippen molar-refractivity contribution in [2.75, 3.05) is 20.2 Å². The maximum Gasteiger partial charge on any atom is 0.220 e. The number of nitrogens with one attached hydrogen (secondary N) is 1. The molecule has 0 aliphatic carbocycles. The predicted octanol–water partition coefficient (Wildman–Crippen LogP) is 3.15. The summed E-state index contributed by atoms with van der Waals surface area (Å²) in [4.78, 5) is 2.23. The van der Waals surface area contributed by atoms with Gasteiger partial charge in [0.25, 0.3) is 0 Å². The van der Waals surface area contributed by atoms with Crippen LogP contribution in [0.5, 0.6) is 5.88 Å². The number of hydrogen-bond donors (Lipinski definition) is 2. The predicted molar refractivity (Wildman–Crippen MR) is 132 cm³/mol. The van der Waals surface area contributed by atoms with Crippen LogP contribution < -0.4 is 4.74 Å². The third-order valence-corrected chi connectivity index (χ3v) is 6.35. The SMILES string of the molecule is Cc1nn(CCO)c2c1/C=C/c1[nH]nc3ccc(cc13)-c1c(C)nn(C)c1O[C@@H](C)CN(C)C2. The Morgan fingerprint density at radius 1 is 1.15 bits per heavy atom. The molecular formula is C25H31N7O2. The van der Waals surface area contributed by atoms with Crippen LogP contribution in [0.4, 0.5) is 0 Å². The summed E-state index contributed by atoms with van der Waals surface area (Å²) in [6.45, 7) is 7.99. The van der Waals surface area contributed by atoms with Crippen LogP contribution in [-0.2, 0) is 20.1 Å². The van der Waals surface area contributed by atoms with Gasteiger partial charge >= 0.3 is 0 Å². The molecule has 4 heterocycles. The Morgan fingerprint density at radius 3 is 2.76 bits per heavy atom. The number of benzene rings is 1. The first-order valence-electron chi connectivity index (χ1n) is 11.6. The second kappa shape index (κ2) is 8.73. The molecule has 0 saturated heterocycles. The largest absolute Gasteiger partial charge is 0.473 e. The zero-order valence-electron chi connectivity index (χ0n) is 20.3. The summed E-state index contributed by atoms with van der Waals surface area (Å²) in [5, 5.41) is 27.6. The maximum absolute atomic E-state index is 9.59. The second-order valence-corrected chi connectivity index (χ2v) is 9.11. The lowest BCUT2D eigenvalue weighted by Gasteiger charge is -2.23. The minimum absolute atomic E-state index is 0.0388. The molecule has 0 unspecified atom stereocenters. The third kappa shape index (κ3) is 3.91. The quantitative estimate of drug-likeness (QED) is 0.476. The van der Waals surface area contributed by atoms with Gasteiger partial charge in [-0.1, -0.05) is 6.07 Å². The highest BCUT2D eigenvalue weighted by molar-refractivity contribution is 5.93. The number of aromatic amines is 1. The van der Waals surface area contributed by atoms with E-state index in [2.05, 4.69) is 58.5 Å². The Labute approximate surface area is 198 Å². The normalized spacial score (nSPS) is 17.8. The van der Waals surface area contributed by atoms with E-state index in [9.17, 15) is 5.11 Å². The molecule has 3 aromatic heterocycles. The van der Waals surface area contributed by atoms with Crippen molar-refractivity contribution in [1.82, 2.24) is 34.7 Å². The highest BCUT2D eigenvalue weighted by atomic mass is 16.5. The first-order chi connectivity index (χ1) is 16.4. The highest BCUT2D eigenvalue weighted by Crippen LogP contribution is 2.36. The zero-order valence-corrected chi connectivity index (χ0v) is 20.3. The summed E-state index contributed by atoms with van der Waals surface area (Å²) in [7, 11) is 4.00. The molecule has 9 nitrogen and oxygen atoms in total. The summed E-state index contributed by atoms with van der Waals surface area (Å²) in [5.41, 5.74) is 7.86. The Bertz CT molecular complexity index is 1380. The van der Waals surface area contributed by atoms with Crippen molar-refractivity contribution < 1.29 is 9.84 Å². The maximum atomic E-state index is 9.59. The van der Waals surface area contributed by atoms with E-state index in [1.165, 1.54) is 0 Å². The van der Waals surface area contributed by atoms with Crippen LogP contribution in [0.1, 0.15) is 35.3 Å². The number of aliphatic hydroxyl groups excluding tert-OH is 1. The van der Waals surface area contributed by atoms with Crippen molar-refractivity contribution >= 4 is 23.1 Å². The molecule has 0 fully saturated rings. The molecule has 4 aromatic rings. The molecule has 1 aromatic carbocycles. The lowest BCUT2D eigenvalue weighted by molar-refractivity contribution is 0.146. The van der Waals surface area contributed by atoms with Crippen molar-refractivity contribution in [2.45, 2.75) is 40.0 Å². The number of nitrogens with zero attached hydrogens (tertiary/aromatic N) is 6. The summed E-state index contributed by atoms with van der Waals surface area (Å²) < 4.78 is 10.2. The summed E-state index contributed by atoms with van der Waals surface area (Å²) in [6, 6.07) is 6.25. The summed E-state index contributed by atoms with van der Waals surface area (Å²) >= 11 is 0. The van der Waals surface area contributed by atoms with Crippen molar-refractivity contribution in [1.29, 1.82) is 0 Å². The molecule has 0 saturated carbocycles. The van der Waals surface area contributed by atoms with E-state index >= 15 is 0 Å². The molecule has 0 spiro atoms. The number of likely N-dealkylation sites (N-methyl/N-ethyl adjacent to an activating group) is 1. The molecule has 1 atom stereocenters. The van der Waals surface area contributed by atoms with E-state index in [1.807, 2.05) is 36.3 Å². The van der Waals surface area contributed by atoms with Gasteiger partial charge in [0, 0.05) is 31.1 Å². The Kier molecular flexibility index (Phi) is 5.75. The van der Waals surface area contributed by atoms with Crippen LogP contribution in [0.2, 0.25) is 0 Å². The van der Waals surface area contributed by atoms with Crippen molar-refractivity contribution in [3.8, 4) is 17.0 Å². The van der Waals surface area contributed by atoms with E-state index in [-0.39, 0.29) is 12.7 Å². The molecule has 0 radical (unpaired) electrons. The van der Waals surface area contributed by atoms with Crippen molar-refractivity contribution in [3.05, 3.63) is 46.5 Å². The van der Waals surface area contributed by atoms with Gasteiger partial charge in [-0.25, -0.2) is 4.68 Å². The zero-order chi connectivity index (χ0) is 24.0. The first kappa shape index (κ1) is 22.4. The fraction of sp³-hybridized carbons (Fsp3) is 0.400. The average molecular weight is 462 g/mol. The highest BCUT2D eigenvalue weighted by Gasteiger charge is 2.22. The minimum atomic E-state index is -0.0637. The van der Waals surface area contributed by atoms with E-state index in [1.54, 1.807) is 0 Å². The molecule has 2 N–H and O–H groups in total. The first-order valence-corrected chi connectivity index (χ1v) is 11.6. The third-order valence-electron chi connectivity index (χ3n) is 6.35. The number of hydrogen-bond acceptors (Lipinski definition) is 6. The molecule has 1 aliphatic rings. The van der Waals surface area contributed by atoms with Crippen LogP contribution >= 0.6 is 0 Å². The second-order valence-electron chi connectivity index (χ2n) is 9.11. The number of aliphatic hydroxyl groups is 1. The molecule has 178 valence electrons. The van der Waals surface area contributed by atoms with E-state index in [4.69, 9.17) is 9.84 Å². The standard InChI is InChI=1S/C25H31N7O2/c1-15-13-30(4)14-23-19(16(2)29-32(23)10-11-33)7-9-22-20-12-18(6-8-21(20)26-27-22)24-17(3)28-31(5)25(24)34-15/h6-9,12,15,33H,10-11,13-14H2,1-5H3,(H,26,27)/b9-7+/t15-/m0/s1. The topological polar surface area (TPSA) is 97.0 Å². The van der Waals surface area contributed by atoms with Gasteiger partial charge in [0.15, 0.2) is 0 Å². The molecule has 9 heteroatoms. The van der Waals surface area contributed by atoms with Gasteiger partial charge in [-0.2, -0.15) is 15.3 Å².